The molecule has 23 heavy (non-hydrogen) atoms. The molecular weight excluding hydrogens is 288 g/mol. The molecule has 1 unspecified atom stereocenters. The summed E-state index contributed by atoms with van der Waals surface area (Å²) in [6.45, 7) is 2.95. The fraction of sp³-hybridized carbons (Fsp3) is 0.368. The number of fused-ring (bicyclic) bond motifs is 1. The molecule has 1 aliphatic rings. The first kappa shape index (κ1) is 15.5. The Morgan fingerprint density at radius 2 is 2.17 bits per heavy atom. The van der Waals surface area contributed by atoms with Gasteiger partial charge < -0.3 is 10.1 Å². The average Bonchev–Trinajstić information content (AvgIpc) is 2.98. The fourth-order valence-electron chi connectivity index (χ4n) is 3.17. The van der Waals surface area contributed by atoms with E-state index in [9.17, 15) is 4.79 Å². The molecule has 0 spiro atoms. The summed E-state index contributed by atoms with van der Waals surface area (Å²) in [6, 6.07) is 12.2. The number of benzene rings is 1. The summed E-state index contributed by atoms with van der Waals surface area (Å²) in [5, 5.41) is 3.00. The predicted octanol–water partition coefficient (Wildman–Crippen LogP) is 3.22. The standard InChI is InChI=1S/C19H22N2O2/c1-2-23-19-16(7-5-11-20-19)13-21-18(22)12-15-10-9-14-6-3-4-8-17(14)15/h3-8,11,15H,2,9-10,12-13H2,1H3,(H,21,22). The van der Waals surface area contributed by atoms with E-state index in [1.165, 1.54) is 11.1 Å². The quantitative estimate of drug-likeness (QED) is 0.891. The number of ether oxygens (including phenoxy) is 1. The number of hydrogen-bond donors (Lipinski definition) is 1. The molecule has 2 aromatic rings. The van der Waals surface area contributed by atoms with Crippen molar-refractivity contribution < 1.29 is 9.53 Å². The summed E-state index contributed by atoms with van der Waals surface area (Å²) in [6.07, 6.45) is 4.38. The van der Waals surface area contributed by atoms with Crippen LogP contribution < -0.4 is 10.1 Å². The molecule has 4 nitrogen and oxygen atoms in total. The molecule has 0 fully saturated rings. The Bertz CT molecular complexity index is 685. The van der Waals surface area contributed by atoms with Gasteiger partial charge in [-0.25, -0.2) is 4.98 Å². The minimum absolute atomic E-state index is 0.0815. The molecule has 1 amide bonds. The van der Waals surface area contributed by atoms with Gasteiger partial charge in [0.05, 0.1) is 6.61 Å². The van der Waals surface area contributed by atoms with Gasteiger partial charge in [-0.2, -0.15) is 0 Å². The van der Waals surface area contributed by atoms with Crippen molar-refractivity contribution in [2.45, 2.75) is 38.6 Å². The maximum atomic E-state index is 12.3. The minimum Gasteiger partial charge on any atom is -0.478 e. The third-order valence-electron chi connectivity index (χ3n) is 4.30. The van der Waals surface area contributed by atoms with E-state index in [0.29, 0.717) is 31.4 Å². The first-order chi connectivity index (χ1) is 11.3. The number of aromatic nitrogens is 1. The summed E-state index contributed by atoms with van der Waals surface area (Å²) in [5.41, 5.74) is 3.63. The van der Waals surface area contributed by atoms with Gasteiger partial charge >= 0.3 is 0 Å². The number of carbonyl (C=O) groups excluding carboxylic acids is 1. The second-order valence-corrected chi connectivity index (χ2v) is 5.82. The van der Waals surface area contributed by atoms with E-state index >= 15 is 0 Å². The molecular formula is C19H22N2O2. The highest BCUT2D eigenvalue weighted by atomic mass is 16.5. The Labute approximate surface area is 136 Å². The van der Waals surface area contributed by atoms with Gasteiger partial charge in [0, 0.05) is 24.7 Å². The molecule has 0 aliphatic heterocycles. The van der Waals surface area contributed by atoms with Gasteiger partial charge in [-0.15, -0.1) is 0 Å². The Hall–Kier alpha value is -2.36. The van der Waals surface area contributed by atoms with Crippen molar-refractivity contribution in [3.63, 3.8) is 0 Å². The van der Waals surface area contributed by atoms with Crippen LogP contribution in [0.4, 0.5) is 0 Å². The van der Waals surface area contributed by atoms with Crippen LogP contribution in [0, 0.1) is 0 Å². The van der Waals surface area contributed by atoms with Gasteiger partial charge in [-0.3, -0.25) is 4.79 Å². The molecule has 1 aromatic heterocycles. The summed E-state index contributed by atoms with van der Waals surface area (Å²) in [7, 11) is 0. The van der Waals surface area contributed by atoms with Gasteiger partial charge in [0.2, 0.25) is 11.8 Å². The Morgan fingerprint density at radius 1 is 1.30 bits per heavy atom. The Morgan fingerprint density at radius 3 is 3.04 bits per heavy atom. The predicted molar refractivity (Wildman–Crippen MR) is 89.4 cm³/mol. The van der Waals surface area contributed by atoms with Crippen LogP contribution in [0.2, 0.25) is 0 Å². The second-order valence-electron chi connectivity index (χ2n) is 5.82. The van der Waals surface area contributed by atoms with Crippen LogP contribution in [-0.2, 0) is 17.8 Å². The molecule has 0 saturated carbocycles. The number of amides is 1. The molecule has 1 heterocycles. The summed E-state index contributed by atoms with van der Waals surface area (Å²) in [4.78, 5) is 16.5. The number of aryl methyl sites for hydroxylation is 1. The molecule has 1 aromatic carbocycles. The molecule has 120 valence electrons. The van der Waals surface area contributed by atoms with E-state index < -0.39 is 0 Å². The van der Waals surface area contributed by atoms with Crippen molar-refractivity contribution in [2.24, 2.45) is 0 Å². The topological polar surface area (TPSA) is 51.2 Å². The molecule has 0 saturated heterocycles. The van der Waals surface area contributed by atoms with Gasteiger partial charge in [-0.1, -0.05) is 30.3 Å². The average molecular weight is 310 g/mol. The molecule has 4 heteroatoms. The van der Waals surface area contributed by atoms with Crippen LogP contribution in [0.25, 0.3) is 0 Å². The van der Waals surface area contributed by atoms with Crippen LogP contribution in [-0.4, -0.2) is 17.5 Å². The van der Waals surface area contributed by atoms with Crippen LogP contribution in [0.15, 0.2) is 42.6 Å². The number of pyridine rings is 1. The van der Waals surface area contributed by atoms with Gasteiger partial charge in [0.15, 0.2) is 0 Å². The summed E-state index contributed by atoms with van der Waals surface area (Å²) < 4.78 is 5.49. The lowest BCUT2D eigenvalue weighted by molar-refractivity contribution is -0.121. The normalized spacial score (nSPS) is 16.0. The van der Waals surface area contributed by atoms with Gasteiger partial charge in [0.1, 0.15) is 0 Å². The van der Waals surface area contributed by atoms with Crippen molar-refractivity contribution in [3.8, 4) is 5.88 Å². The highest BCUT2D eigenvalue weighted by molar-refractivity contribution is 5.77. The highest BCUT2D eigenvalue weighted by Crippen LogP contribution is 2.35. The first-order valence-electron chi connectivity index (χ1n) is 8.19. The number of hydrogen-bond acceptors (Lipinski definition) is 3. The maximum Gasteiger partial charge on any atom is 0.220 e. The van der Waals surface area contributed by atoms with Crippen molar-refractivity contribution in [3.05, 3.63) is 59.3 Å². The number of nitrogens with zero attached hydrogens (tertiary/aromatic N) is 1. The lowest BCUT2D eigenvalue weighted by Gasteiger charge is -2.13. The number of carbonyl (C=O) groups is 1. The molecule has 1 atom stereocenters. The molecule has 3 rings (SSSR count). The zero-order valence-corrected chi connectivity index (χ0v) is 13.4. The summed E-state index contributed by atoms with van der Waals surface area (Å²) >= 11 is 0. The Kier molecular flexibility index (Phi) is 4.91. The van der Waals surface area contributed by atoms with E-state index in [-0.39, 0.29) is 5.91 Å². The van der Waals surface area contributed by atoms with Crippen LogP contribution >= 0.6 is 0 Å². The van der Waals surface area contributed by atoms with Crippen LogP contribution in [0.3, 0.4) is 0 Å². The zero-order chi connectivity index (χ0) is 16.1. The minimum atomic E-state index is 0.0815. The third kappa shape index (κ3) is 3.70. The largest absolute Gasteiger partial charge is 0.478 e. The van der Waals surface area contributed by atoms with Crippen LogP contribution in [0.5, 0.6) is 5.88 Å². The van der Waals surface area contributed by atoms with Gasteiger partial charge in [0.25, 0.3) is 0 Å². The highest BCUT2D eigenvalue weighted by Gasteiger charge is 2.24. The lowest BCUT2D eigenvalue weighted by Crippen LogP contribution is -2.24. The SMILES string of the molecule is CCOc1ncccc1CNC(=O)CC1CCc2ccccc21. The van der Waals surface area contributed by atoms with E-state index in [4.69, 9.17) is 4.74 Å². The Balaban J connectivity index is 1.57. The number of nitrogens with one attached hydrogen (secondary N) is 1. The third-order valence-corrected chi connectivity index (χ3v) is 4.30. The fourth-order valence-corrected chi connectivity index (χ4v) is 3.17. The molecule has 1 N–H and O–H groups in total. The monoisotopic (exact) mass is 310 g/mol. The molecule has 0 bridgehead atoms. The van der Waals surface area contributed by atoms with E-state index in [1.807, 2.05) is 19.1 Å². The smallest absolute Gasteiger partial charge is 0.220 e. The summed E-state index contributed by atoms with van der Waals surface area (Å²) in [5.74, 6) is 1.02. The van der Waals surface area contributed by atoms with Crippen molar-refractivity contribution in [1.29, 1.82) is 0 Å². The van der Waals surface area contributed by atoms with Crippen LogP contribution in [0.1, 0.15) is 42.4 Å². The van der Waals surface area contributed by atoms with Crippen molar-refractivity contribution in [2.75, 3.05) is 6.61 Å². The maximum absolute atomic E-state index is 12.3. The van der Waals surface area contributed by atoms with Crippen molar-refractivity contribution in [1.82, 2.24) is 10.3 Å². The molecule has 1 aliphatic carbocycles. The lowest BCUT2D eigenvalue weighted by atomic mass is 9.97. The molecule has 0 radical (unpaired) electrons. The van der Waals surface area contributed by atoms with Gasteiger partial charge in [-0.05, 0) is 42.9 Å². The van der Waals surface area contributed by atoms with E-state index in [2.05, 4.69) is 34.6 Å². The second kappa shape index (κ2) is 7.27. The van der Waals surface area contributed by atoms with E-state index in [1.54, 1.807) is 6.20 Å². The van der Waals surface area contributed by atoms with E-state index in [0.717, 1.165) is 18.4 Å². The number of rotatable bonds is 6. The first-order valence-corrected chi connectivity index (χ1v) is 8.19. The zero-order valence-electron chi connectivity index (χ0n) is 13.4. The van der Waals surface area contributed by atoms with Crippen molar-refractivity contribution >= 4 is 5.91 Å².